The number of furan rings is 1. The zero-order chi connectivity index (χ0) is 20.2. The van der Waals surface area contributed by atoms with E-state index in [1.807, 2.05) is 18.2 Å². The average Bonchev–Trinajstić information content (AvgIpc) is 3.26. The number of ether oxygens (including phenoxy) is 1. The Morgan fingerprint density at radius 3 is 2.62 bits per heavy atom. The molecule has 0 aliphatic heterocycles. The van der Waals surface area contributed by atoms with E-state index >= 15 is 0 Å². The van der Waals surface area contributed by atoms with Crippen molar-refractivity contribution in [2.24, 2.45) is 0 Å². The molecule has 1 saturated carbocycles. The third-order valence-corrected chi connectivity index (χ3v) is 5.17. The van der Waals surface area contributed by atoms with Crippen LogP contribution in [0.4, 0.5) is 5.69 Å². The summed E-state index contributed by atoms with van der Waals surface area (Å²) in [6, 6.07) is 14.4. The second kappa shape index (κ2) is 8.49. The Balaban J connectivity index is 1.40. The summed E-state index contributed by atoms with van der Waals surface area (Å²) in [7, 11) is 0. The van der Waals surface area contributed by atoms with Crippen LogP contribution in [0.5, 0.6) is 5.75 Å². The van der Waals surface area contributed by atoms with Gasteiger partial charge in [-0.25, -0.2) is 4.98 Å². The van der Waals surface area contributed by atoms with Crippen molar-refractivity contribution in [1.82, 2.24) is 4.98 Å². The summed E-state index contributed by atoms with van der Waals surface area (Å²) in [6.07, 6.45) is 4.78. The van der Waals surface area contributed by atoms with Crippen LogP contribution in [-0.4, -0.2) is 28.2 Å². The normalized spacial score (nSPS) is 19.0. The molecule has 29 heavy (non-hydrogen) atoms. The van der Waals surface area contributed by atoms with Gasteiger partial charge in [0.05, 0.1) is 23.6 Å². The quantitative estimate of drug-likeness (QED) is 0.664. The van der Waals surface area contributed by atoms with E-state index in [4.69, 9.17) is 9.15 Å². The molecule has 0 unspecified atom stereocenters. The van der Waals surface area contributed by atoms with Crippen molar-refractivity contribution in [2.75, 3.05) is 5.32 Å². The third kappa shape index (κ3) is 4.49. The lowest BCUT2D eigenvalue weighted by molar-refractivity contribution is 0.00688. The number of pyridine rings is 1. The molecular formula is C23H24N2O4. The highest BCUT2D eigenvalue weighted by Gasteiger charge is 2.24. The summed E-state index contributed by atoms with van der Waals surface area (Å²) in [6.45, 7) is 1.80. The molecule has 2 atom stereocenters. The van der Waals surface area contributed by atoms with Crippen molar-refractivity contribution in [3.63, 3.8) is 0 Å². The van der Waals surface area contributed by atoms with Crippen LogP contribution < -0.4 is 10.1 Å². The second-order valence-electron chi connectivity index (χ2n) is 7.29. The van der Waals surface area contributed by atoms with Crippen LogP contribution in [0.2, 0.25) is 0 Å². The number of amides is 1. The lowest BCUT2D eigenvalue weighted by Crippen LogP contribution is -2.34. The number of hydrogen-bond acceptors (Lipinski definition) is 5. The molecule has 0 saturated heterocycles. The number of carbonyl (C=O) groups excluding carboxylic acids is 1. The molecule has 1 amide bonds. The predicted octanol–water partition coefficient (Wildman–Crippen LogP) is 4.58. The van der Waals surface area contributed by atoms with Gasteiger partial charge in [-0.05, 0) is 74.7 Å². The van der Waals surface area contributed by atoms with Crippen LogP contribution >= 0.6 is 0 Å². The van der Waals surface area contributed by atoms with Crippen LogP contribution in [0.25, 0.3) is 11.5 Å². The Morgan fingerprint density at radius 1 is 1.14 bits per heavy atom. The van der Waals surface area contributed by atoms with Crippen LogP contribution in [-0.2, 0) is 0 Å². The number of anilines is 1. The van der Waals surface area contributed by atoms with Gasteiger partial charge in [0.2, 0.25) is 0 Å². The van der Waals surface area contributed by atoms with Crippen LogP contribution in [0.3, 0.4) is 0 Å². The molecule has 6 nitrogen and oxygen atoms in total. The number of nitrogens with zero attached hydrogens (tertiary/aromatic N) is 1. The van der Waals surface area contributed by atoms with E-state index in [1.165, 1.54) is 0 Å². The number of nitrogens with one attached hydrogen (secondary N) is 1. The van der Waals surface area contributed by atoms with Crippen molar-refractivity contribution in [3.8, 4) is 17.2 Å². The fraction of sp³-hybridized carbons (Fsp3) is 0.304. The third-order valence-electron chi connectivity index (χ3n) is 5.17. The highest BCUT2D eigenvalue weighted by atomic mass is 16.5. The molecule has 0 radical (unpaired) electrons. The van der Waals surface area contributed by atoms with Gasteiger partial charge in [-0.15, -0.1) is 0 Å². The molecule has 0 bridgehead atoms. The summed E-state index contributed by atoms with van der Waals surface area (Å²) in [5, 5.41) is 12.9. The standard InChI is InChI=1S/C23H24N2O4/c1-15-18(12-13-19(24-15)21-7-4-14-28-21)23(27)25-16-8-10-17(11-9-16)29-22-6-3-2-5-20(22)26/h4,7-14,20,22,26H,2-3,5-6H2,1H3,(H,25,27)/t20-,22+/m1/s1. The lowest BCUT2D eigenvalue weighted by atomic mass is 9.95. The SMILES string of the molecule is Cc1nc(-c2ccco2)ccc1C(=O)Nc1ccc(O[C@H]2CCCC[C@H]2O)cc1. The average molecular weight is 392 g/mol. The second-order valence-corrected chi connectivity index (χ2v) is 7.29. The first-order valence-corrected chi connectivity index (χ1v) is 9.88. The Bertz CT molecular complexity index is 967. The Kier molecular flexibility index (Phi) is 5.62. The van der Waals surface area contributed by atoms with Crippen LogP contribution in [0.1, 0.15) is 41.7 Å². The minimum atomic E-state index is -0.414. The summed E-state index contributed by atoms with van der Waals surface area (Å²) >= 11 is 0. The fourth-order valence-electron chi connectivity index (χ4n) is 3.57. The van der Waals surface area contributed by atoms with Gasteiger partial charge in [0.1, 0.15) is 17.5 Å². The van der Waals surface area contributed by atoms with Gasteiger partial charge in [-0.2, -0.15) is 0 Å². The monoisotopic (exact) mass is 392 g/mol. The van der Waals surface area contributed by atoms with Gasteiger partial charge in [0, 0.05) is 5.69 Å². The van der Waals surface area contributed by atoms with E-state index in [9.17, 15) is 9.90 Å². The maximum Gasteiger partial charge on any atom is 0.257 e. The molecule has 2 heterocycles. The largest absolute Gasteiger partial charge is 0.488 e. The molecule has 4 rings (SSSR count). The van der Waals surface area contributed by atoms with E-state index in [0.29, 0.717) is 34.1 Å². The number of aliphatic hydroxyl groups is 1. The number of benzene rings is 1. The minimum absolute atomic E-state index is 0.161. The van der Waals surface area contributed by atoms with Gasteiger partial charge in [0.15, 0.2) is 5.76 Å². The smallest absolute Gasteiger partial charge is 0.257 e. The summed E-state index contributed by atoms with van der Waals surface area (Å²) < 4.78 is 11.3. The van der Waals surface area contributed by atoms with Crippen LogP contribution in [0.15, 0.2) is 59.2 Å². The first-order valence-electron chi connectivity index (χ1n) is 9.88. The molecule has 1 aliphatic rings. The van der Waals surface area contributed by atoms with Crippen molar-refractivity contribution < 1.29 is 19.1 Å². The number of aromatic nitrogens is 1. The number of rotatable bonds is 5. The molecule has 3 aromatic rings. The highest BCUT2D eigenvalue weighted by molar-refractivity contribution is 6.05. The van der Waals surface area contributed by atoms with Crippen molar-refractivity contribution >= 4 is 11.6 Å². The Hall–Kier alpha value is -3.12. The number of aliphatic hydroxyl groups excluding tert-OH is 1. The zero-order valence-electron chi connectivity index (χ0n) is 16.3. The predicted molar refractivity (Wildman–Crippen MR) is 110 cm³/mol. The first-order chi connectivity index (χ1) is 14.1. The van der Waals surface area contributed by atoms with Crippen molar-refractivity contribution in [3.05, 3.63) is 66.1 Å². The minimum Gasteiger partial charge on any atom is -0.488 e. The number of carbonyl (C=O) groups is 1. The van der Waals surface area contributed by atoms with E-state index in [1.54, 1.807) is 43.5 Å². The lowest BCUT2D eigenvalue weighted by Gasteiger charge is -2.28. The molecule has 2 aromatic heterocycles. The fourth-order valence-corrected chi connectivity index (χ4v) is 3.57. The highest BCUT2D eigenvalue weighted by Crippen LogP contribution is 2.25. The molecule has 0 spiro atoms. The topological polar surface area (TPSA) is 84.6 Å². The van der Waals surface area contributed by atoms with E-state index < -0.39 is 6.10 Å². The van der Waals surface area contributed by atoms with E-state index in [-0.39, 0.29) is 12.0 Å². The van der Waals surface area contributed by atoms with Gasteiger partial charge in [0.25, 0.3) is 5.91 Å². The number of hydrogen-bond donors (Lipinski definition) is 2. The van der Waals surface area contributed by atoms with Gasteiger partial charge < -0.3 is 19.6 Å². The molecule has 2 N–H and O–H groups in total. The molecule has 1 fully saturated rings. The van der Waals surface area contributed by atoms with Crippen LogP contribution in [0, 0.1) is 6.92 Å². The maximum atomic E-state index is 12.6. The first kappa shape index (κ1) is 19.2. The molecular weight excluding hydrogens is 368 g/mol. The Morgan fingerprint density at radius 2 is 1.93 bits per heavy atom. The Labute approximate surface area is 169 Å². The molecule has 1 aromatic carbocycles. The molecule has 150 valence electrons. The summed E-state index contributed by atoms with van der Waals surface area (Å²) in [5.74, 6) is 1.13. The number of aryl methyl sites for hydroxylation is 1. The van der Waals surface area contributed by atoms with Crippen molar-refractivity contribution in [2.45, 2.75) is 44.8 Å². The molecule has 6 heteroatoms. The zero-order valence-corrected chi connectivity index (χ0v) is 16.3. The molecule has 1 aliphatic carbocycles. The van der Waals surface area contributed by atoms with E-state index in [0.717, 1.165) is 25.7 Å². The van der Waals surface area contributed by atoms with Gasteiger partial charge >= 0.3 is 0 Å². The maximum absolute atomic E-state index is 12.6. The summed E-state index contributed by atoms with van der Waals surface area (Å²) in [4.78, 5) is 17.1. The summed E-state index contributed by atoms with van der Waals surface area (Å²) in [5.41, 5.74) is 2.49. The van der Waals surface area contributed by atoms with E-state index in [2.05, 4.69) is 10.3 Å². The van der Waals surface area contributed by atoms with Gasteiger partial charge in [-0.3, -0.25) is 4.79 Å². The van der Waals surface area contributed by atoms with Gasteiger partial charge in [-0.1, -0.05) is 6.42 Å². The van der Waals surface area contributed by atoms with Crippen molar-refractivity contribution in [1.29, 1.82) is 0 Å².